The minimum absolute atomic E-state index is 0.117. The third kappa shape index (κ3) is 3.52. The van der Waals surface area contributed by atoms with Crippen molar-refractivity contribution in [2.24, 2.45) is 11.8 Å². The minimum Gasteiger partial charge on any atom is -0.385 e. The number of hydrogen-bond acceptors (Lipinski definition) is 4. The fraction of sp³-hybridized carbons (Fsp3) is 0.750. The van der Waals surface area contributed by atoms with E-state index in [-0.39, 0.29) is 6.04 Å². The fourth-order valence-corrected chi connectivity index (χ4v) is 2.08. The summed E-state index contributed by atoms with van der Waals surface area (Å²) in [6, 6.07) is 2.21. The second-order valence-electron chi connectivity index (χ2n) is 4.43. The van der Waals surface area contributed by atoms with Crippen LogP contribution in [0.2, 0.25) is 0 Å². The molecular formula is C12H24N4O. The Hall–Kier alpha value is -0.910. The summed E-state index contributed by atoms with van der Waals surface area (Å²) >= 11 is 0. The van der Waals surface area contributed by atoms with Gasteiger partial charge in [-0.1, -0.05) is 6.92 Å². The summed E-state index contributed by atoms with van der Waals surface area (Å²) in [5.41, 5.74) is 5.08. The van der Waals surface area contributed by atoms with Crippen LogP contribution >= 0.6 is 0 Å². The molecule has 0 fully saturated rings. The monoisotopic (exact) mass is 240 g/mol. The van der Waals surface area contributed by atoms with E-state index in [1.807, 2.05) is 11.6 Å². The molecule has 17 heavy (non-hydrogen) atoms. The molecule has 0 aromatic carbocycles. The average Bonchev–Trinajstić information content (AvgIpc) is 2.68. The van der Waals surface area contributed by atoms with Gasteiger partial charge in [-0.15, -0.1) is 0 Å². The molecular weight excluding hydrogens is 216 g/mol. The number of hydrogen-bond donors (Lipinski definition) is 2. The van der Waals surface area contributed by atoms with Crippen LogP contribution in [0, 0.1) is 12.8 Å². The van der Waals surface area contributed by atoms with Gasteiger partial charge in [0.25, 0.3) is 0 Å². The average molecular weight is 240 g/mol. The number of ether oxygens (including phenoxy) is 1. The zero-order chi connectivity index (χ0) is 12.8. The first-order chi connectivity index (χ1) is 8.13. The van der Waals surface area contributed by atoms with E-state index in [1.54, 1.807) is 7.11 Å². The number of nitrogens with two attached hydrogens (primary N) is 1. The van der Waals surface area contributed by atoms with Gasteiger partial charge in [-0.05, 0) is 32.3 Å². The Morgan fingerprint density at radius 1 is 1.59 bits per heavy atom. The molecule has 3 N–H and O–H groups in total. The van der Waals surface area contributed by atoms with E-state index in [0.29, 0.717) is 5.92 Å². The van der Waals surface area contributed by atoms with E-state index in [0.717, 1.165) is 31.0 Å². The number of methoxy groups -OCH3 is 1. The van der Waals surface area contributed by atoms with Gasteiger partial charge in [0.05, 0.1) is 17.4 Å². The summed E-state index contributed by atoms with van der Waals surface area (Å²) in [5, 5.41) is 4.45. The number of rotatable bonds is 7. The molecule has 2 atom stereocenters. The summed E-state index contributed by atoms with van der Waals surface area (Å²) in [6.45, 7) is 7.87. The van der Waals surface area contributed by atoms with E-state index in [9.17, 15) is 0 Å². The number of nitrogens with one attached hydrogen (secondary N) is 1. The maximum absolute atomic E-state index is 5.68. The normalized spacial score (nSPS) is 14.9. The van der Waals surface area contributed by atoms with Crippen molar-refractivity contribution in [3.05, 3.63) is 17.5 Å². The summed E-state index contributed by atoms with van der Waals surface area (Å²) in [4.78, 5) is 0. The Labute approximate surface area is 103 Å². The van der Waals surface area contributed by atoms with Gasteiger partial charge in [-0.2, -0.15) is 5.10 Å². The van der Waals surface area contributed by atoms with Gasteiger partial charge in [0.15, 0.2) is 0 Å². The van der Waals surface area contributed by atoms with Crippen molar-refractivity contribution in [2.75, 3.05) is 13.7 Å². The highest BCUT2D eigenvalue weighted by molar-refractivity contribution is 5.14. The van der Waals surface area contributed by atoms with Crippen LogP contribution in [0.3, 0.4) is 0 Å². The lowest BCUT2D eigenvalue weighted by atomic mass is 9.96. The largest absolute Gasteiger partial charge is 0.385 e. The maximum Gasteiger partial charge on any atom is 0.0655 e. The molecule has 0 saturated carbocycles. The highest BCUT2D eigenvalue weighted by atomic mass is 16.5. The second-order valence-corrected chi connectivity index (χ2v) is 4.43. The van der Waals surface area contributed by atoms with Crippen LogP contribution in [0.1, 0.15) is 37.7 Å². The molecule has 0 bridgehead atoms. The van der Waals surface area contributed by atoms with Gasteiger partial charge in [0.1, 0.15) is 0 Å². The molecule has 1 aromatic rings. The number of aryl methyl sites for hydroxylation is 2. The quantitative estimate of drug-likeness (QED) is 0.558. The first kappa shape index (κ1) is 14.2. The van der Waals surface area contributed by atoms with Gasteiger partial charge in [0, 0.05) is 20.3 Å². The van der Waals surface area contributed by atoms with Crippen LogP contribution in [0.25, 0.3) is 0 Å². The minimum atomic E-state index is 0.117. The molecule has 0 amide bonds. The molecule has 5 nitrogen and oxygen atoms in total. The number of aromatic nitrogens is 2. The Morgan fingerprint density at radius 2 is 2.29 bits per heavy atom. The molecule has 1 rings (SSSR count). The third-order valence-electron chi connectivity index (χ3n) is 3.08. The van der Waals surface area contributed by atoms with Crippen molar-refractivity contribution in [1.82, 2.24) is 15.2 Å². The van der Waals surface area contributed by atoms with E-state index in [4.69, 9.17) is 10.6 Å². The van der Waals surface area contributed by atoms with Gasteiger partial charge in [0.2, 0.25) is 0 Å². The third-order valence-corrected chi connectivity index (χ3v) is 3.08. The van der Waals surface area contributed by atoms with Crippen LogP contribution in [-0.2, 0) is 11.3 Å². The first-order valence-electron chi connectivity index (χ1n) is 6.13. The van der Waals surface area contributed by atoms with E-state index in [2.05, 4.69) is 30.4 Å². The Balaban J connectivity index is 2.84. The number of nitrogens with zero attached hydrogens (tertiary/aromatic N) is 2. The molecule has 0 radical (unpaired) electrons. The zero-order valence-corrected chi connectivity index (χ0v) is 11.2. The molecule has 0 aliphatic carbocycles. The summed E-state index contributed by atoms with van der Waals surface area (Å²) in [7, 11) is 1.72. The Kier molecular flexibility index (Phi) is 5.61. The van der Waals surface area contributed by atoms with Gasteiger partial charge in [-0.25, -0.2) is 0 Å². The standard InChI is InChI=1S/C12H24N4O/c1-5-16-11(8-10(3)15-16)12(14-13)9(2)6-7-17-4/h8-9,12,14H,5-7,13H2,1-4H3. The smallest absolute Gasteiger partial charge is 0.0655 e. The van der Waals surface area contributed by atoms with Crippen molar-refractivity contribution in [2.45, 2.75) is 39.8 Å². The molecule has 1 aromatic heterocycles. The van der Waals surface area contributed by atoms with Crippen LogP contribution in [-0.4, -0.2) is 23.5 Å². The SMILES string of the molecule is CCn1nc(C)cc1C(NN)C(C)CCOC. The highest BCUT2D eigenvalue weighted by Crippen LogP contribution is 2.24. The van der Waals surface area contributed by atoms with Crippen LogP contribution in [0.5, 0.6) is 0 Å². The predicted molar refractivity (Wildman–Crippen MR) is 68.4 cm³/mol. The van der Waals surface area contributed by atoms with E-state index in [1.165, 1.54) is 0 Å². The van der Waals surface area contributed by atoms with Gasteiger partial charge in [-0.3, -0.25) is 16.0 Å². The van der Waals surface area contributed by atoms with Gasteiger partial charge < -0.3 is 4.74 Å². The van der Waals surface area contributed by atoms with E-state index < -0.39 is 0 Å². The molecule has 98 valence electrons. The highest BCUT2D eigenvalue weighted by Gasteiger charge is 2.21. The summed E-state index contributed by atoms with van der Waals surface area (Å²) < 4.78 is 7.12. The zero-order valence-electron chi connectivity index (χ0n) is 11.2. The van der Waals surface area contributed by atoms with Crippen molar-refractivity contribution in [3.8, 4) is 0 Å². The molecule has 1 heterocycles. The molecule has 0 spiro atoms. The lowest BCUT2D eigenvalue weighted by Gasteiger charge is -2.23. The van der Waals surface area contributed by atoms with Crippen LogP contribution < -0.4 is 11.3 Å². The molecule has 0 aliphatic heterocycles. The van der Waals surface area contributed by atoms with Crippen molar-refractivity contribution >= 4 is 0 Å². The predicted octanol–water partition coefficient (Wildman–Crippen LogP) is 1.39. The van der Waals surface area contributed by atoms with E-state index >= 15 is 0 Å². The summed E-state index contributed by atoms with van der Waals surface area (Å²) in [5.74, 6) is 6.08. The van der Waals surface area contributed by atoms with Gasteiger partial charge >= 0.3 is 0 Å². The molecule has 2 unspecified atom stereocenters. The Bertz CT molecular complexity index is 337. The second kappa shape index (κ2) is 6.74. The lowest BCUT2D eigenvalue weighted by molar-refractivity contribution is 0.169. The molecule has 0 aliphatic rings. The van der Waals surface area contributed by atoms with Crippen molar-refractivity contribution < 1.29 is 4.74 Å². The molecule has 0 saturated heterocycles. The first-order valence-corrected chi connectivity index (χ1v) is 6.13. The lowest BCUT2D eigenvalue weighted by Crippen LogP contribution is -2.34. The van der Waals surface area contributed by atoms with Crippen molar-refractivity contribution in [1.29, 1.82) is 0 Å². The fourth-order valence-electron chi connectivity index (χ4n) is 2.08. The Morgan fingerprint density at radius 3 is 2.82 bits per heavy atom. The maximum atomic E-state index is 5.68. The topological polar surface area (TPSA) is 65.1 Å². The summed E-state index contributed by atoms with van der Waals surface area (Å²) in [6.07, 6.45) is 0.972. The molecule has 5 heteroatoms. The van der Waals surface area contributed by atoms with Crippen LogP contribution in [0.15, 0.2) is 6.07 Å². The van der Waals surface area contributed by atoms with Crippen molar-refractivity contribution in [3.63, 3.8) is 0 Å². The van der Waals surface area contributed by atoms with Crippen LogP contribution in [0.4, 0.5) is 0 Å². The number of hydrazine groups is 1.